The topological polar surface area (TPSA) is 64.3 Å². The summed E-state index contributed by atoms with van der Waals surface area (Å²) in [4.78, 5) is 12.1. The highest BCUT2D eigenvalue weighted by Crippen LogP contribution is 2.20. The summed E-state index contributed by atoms with van der Waals surface area (Å²) >= 11 is 0. The van der Waals surface area contributed by atoms with Crippen LogP contribution in [0.5, 0.6) is 0 Å². The third-order valence-electron chi connectivity index (χ3n) is 2.56. The zero-order valence-corrected chi connectivity index (χ0v) is 12.2. The Morgan fingerprint density at radius 2 is 2.00 bits per heavy atom. The lowest BCUT2D eigenvalue weighted by atomic mass is 10.1. The Morgan fingerprint density at radius 3 is 2.53 bits per heavy atom. The molecule has 3 N–H and O–H groups in total. The van der Waals surface area contributed by atoms with Crippen molar-refractivity contribution in [2.75, 3.05) is 11.1 Å². The number of benzene rings is 1. The zero-order chi connectivity index (χ0) is 14.5. The van der Waals surface area contributed by atoms with Crippen molar-refractivity contribution in [3.63, 3.8) is 0 Å². The van der Waals surface area contributed by atoms with Gasteiger partial charge in [0.15, 0.2) is 0 Å². The highest BCUT2D eigenvalue weighted by Gasteiger charge is 2.24. The third-order valence-corrected chi connectivity index (χ3v) is 2.56. The molecule has 19 heavy (non-hydrogen) atoms. The van der Waals surface area contributed by atoms with Crippen molar-refractivity contribution >= 4 is 17.3 Å². The molecule has 0 heterocycles. The molecule has 0 spiro atoms. The van der Waals surface area contributed by atoms with Crippen molar-refractivity contribution in [2.45, 2.75) is 52.2 Å². The molecule has 1 rings (SSSR count). The number of anilines is 2. The second-order valence-corrected chi connectivity index (χ2v) is 5.61. The highest BCUT2D eigenvalue weighted by molar-refractivity contribution is 5.81. The number of para-hydroxylation sites is 2. The molecule has 1 atom stereocenters. The lowest BCUT2D eigenvalue weighted by Crippen LogP contribution is -2.36. The summed E-state index contributed by atoms with van der Waals surface area (Å²) in [5.41, 5.74) is 6.80. The fourth-order valence-electron chi connectivity index (χ4n) is 1.73. The number of ether oxygens (including phenoxy) is 1. The van der Waals surface area contributed by atoms with Gasteiger partial charge in [-0.1, -0.05) is 25.5 Å². The van der Waals surface area contributed by atoms with Gasteiger partial charge in [-0.15, -0.1) is 0 Å². The monoisotopic (exact) mass is 264 g/mol. The van der Waals surface area contributed by atoms with Crippen molar-refractivity contribution in [1.82, 2.24) is 0 Å². The summed E-state index contributed by atoms with van der Waals surface area (Å²) < 4.78 is 5.42. The molecule has 0 aliphatic rings. The molecule has 0 bridgehead atoms. The van der Waals surface area contributed by atoms with E-state index in [9.17, 15) is 4.79 Å². The molecule has 0 fully saturated rings. The molecule has 4 heteroatoms. The van der Waals surface area contributed by atoms with Crippen LogP contribution < -0.4 is 11.1 Å². The molecular formula is C15H24N2O2. The van der Waals surface area contributed by atoms with Crippen LogP contribution in [0.1, 0.15) is 40.5 Å². The fourth-order valence-corrected chi connectivity index (χ4v) is 1.73. The minimum Gasteiger partial charge on any atom is -0.458 e. The summed E-state index contributed by atoms with van der Waals surface area (Å²) in [5.74, 6) is -0.238. The Kier molecular flexibility index (Phi) is 5.21. The number of hydrogen-bond donors (Lipinski definition) is 2. The molecule has 0 saturated heterocycles. The number of carbonyl (C=O) groups is 1. The number of esters is 1. The Hall–Kier alpha value is -1.71. The maximum Gasteiger partial charge on any atom is 0.329 e. The van der Waals surface area contributed by atoms with Gasteiger partial charge in [0.1, 0.15) is 11.6 Å². The normalized spacial score (nSPS) is 12.8. The number of rotatable bonds is 5. The smallest absolute Gasteiger partial charge is 0.329 e. The predicted molar refractivity (Wildman–Crippen MR) is 79.0 cm³/mol. The maximum atomic E-state index is 12.1. The van der Waals surface area contributed by atoms with Gasteiger partial charge in [0, 0.05) is 0 Å². The number of hydrogen-bond acceptors (Lipinski definition) is 4. The van der Waals surface area contributed by atoms with E-state index in [0.29, 0.717) is 12.1 Å². The number of nitrogens with one attached hydrogen (secondary N) is 1. The van der Waals surface area contributed by atoms with Gasteiger partial charge in [-0.2, -0.15) is 0 Å². The molecule has 0 saturated carbocycles. The Labute approximate surface area is 115 Å². The van der Waals surface area contributed by atoms with Crippen molar-refractivity contribution < 1.29 is 9.53 Å². The van der Waals surface area contributed by atoms with Crippen molar-refractivity contribution in [3.05, 3.63) is 24.3 Å². The van der Waals surface area contributed by atoms with E-state index in [1.807, 2.05) is 45.9 Å². The van der Waals surface area contributed by atoms with Crippen molar-refractivity contribution in [2.24, 2.45) is 0 Å². The zero-order valence-electron chi connectivity index (χ0n) is 12.2. The van der Waals surface area contributed by atoms with Crippen LogP contribution in [-0.2, 0) is 9.53 Å². The van der Waals surface area contributed by atoms with Crippen molar-refractivity contribution in [1.29, 1.82) is 0 Å². The van der Waals surface area contributed by atoms with Crippen LogP contribution in [0.25, 0.3) is 0 Å². The van der Waals surface area contributed by atoms with E-state index in [0.717, 1.165) is 12.1 Å². The van der Waals surface area contributed by atoms with E-state index >= 15 is 0 Å². The molecule has 4 nitrogen and oxygen atoms in total. The summed E-state index contributed by atoms with van der Waals surface area (Å²) in [6.07, 6.45) is 1.60. The maximum absolute atomic E-state index is 12.1. The third kappa shape index (κ3) is 5.20. The van der Waals surface area contributed by atoms with E-state index in [-0.39, 0.29) is 12.0 Å². The molecule has 0 aliphatic heterocycles. The van der Waals surface area contributed by atoms with Crippen LogP contribution in [0.2, 0.25) is 0 Å². The van der Waals surface area contributed by atoms with Gasteiger partial charge in [-0.3, -0.25) is 0 Å². The lowest BCUT2D eigenvalue weighted by Gasteiger charge is -2.25. The van der Waals surface area contributed by atoms with E-state index in [1.165, 1.54) is 0 Å². The average Bonchev–Trinajstić information content (AvgIpc) is 2.29. The molecule has 0 aliphatic carbocycles. The first kappa shape index (κ1) is 15.3. The van der Waals surface area contributed by atoms with Gasteiger partial charge in [-0.05, 0) is 39.3 Å². The van der Waals surface area contributed by atoms with E-state index in [2.05, 4.69) is 5.32 Å². The van der Waals surface area contributed by atoms with E-state index < -0.39 is 5.60 Å². The molecule has 0 aromatic heterocycles. The molecule has 1 aromatic rings. The number of nitrogens with two attached hydrogens (primary N) is 1. The van der Waals surface area contributed by atoms with Crippen molar-refractivity contribution in [3.8, 4) is 0 Å². The van der Waals surface area contributed by atoms with Gasteiger partial charge < -0.3 is 15.8 Å². The summed E-state index contributed by atoms with van der Waals surface area (Å²) in [7, 11) is 0. The number of carbonyl (C=O) groups excluding carboxylic acids is 1. The van der Waals surface area contributed by atoms with Crippen LogP contribution in [0.15, 0.2) is 24.3 Å². The first-order valence-corrected chi connectivity index (χ1v) is 6.67. The van der Waals surface area contributed by atoms with Crippen LogP contribution in [-0.4, -0.2) is 17.6 Å². The highest BCUT2D eigenvalue weighted by atomic mass is 16.6. The second kappa shape index (κ2) is 6.45. The molecule has 1 unspecified atom stereocenters. The predicted octanol–water partition coefficient (Wildman–Crippen LogP) is 3.19. The SMILES string of the molecule is CCCC(Nc1ccccc1N)C(=O)OC(C)(C)C. The van der Waals surface area contributed by atoms with Crippen LogP contribution in [0, 0.1) is 0 Å². The fraction of sp³-hybridized carbons (Fsp3) is 0.533. The molecule has 0 amide bonds. The molecular weight excluding hydrogens is 240 g/mol. The largest absolute Gasteiger partial charge is 0.458 e. The van der Waals surface area contributed by atoms with Crippen LogP contribution in [0.4, 0.5) is 11.4 Å². The van der Waals surface area contributed by atoms with Crippen LogP contribution in [0.3, 0.4) is 0 Å². The average molecular weight is 264 g/mol. The van der Waals surface area contributed by atoms with Crippen LogP contribution >= 0.6 is 0 Å². The first-order valence-electron chi connectivity index (χ1n) is 6.67. The summed E-state index contributed by atoms with van der Waals surface area (Å²) in [6.45, 7) is 7.63. The summed E-state index contributed by atoms with van der Waals surface area (Å²) in [5, 5.41) is 3.17. The first-order chi connectivity index (χ1) is 8.83. The molecule has 0 radical (unpaired) electrons. The van der Waals surface area contributed by atoms with Gasteiger partial charge >= 0.3 is 5.97 Å². The number of nitrogen functional groups attached to an aromatic ring is 1. The van der Waals surface area contributed by atoms with Gasteiger partial charge in [-0.25, -0.2) is 4.79 Å². The Balaban J connectivity index is 2.78. The van der Waals surface area contributed by atoms with Gasteiger partial charge in [0.25, 0.3) is 0 Å². The molecule has 106 valence electrons. The lowest BCUT2D eigenvalue weighted by molar-refractivity contribution is -0.155. The van der Waals surface area contributed by atoms with E-state index in [4.69, 9.17) is 10.5 Å². The minimum absolute atomic E-state index is 0.238. The summed E-state index contributed by atoms with van der Waals surface area (Å²) in [6, 6.07) is 7.05. The molecule has 1 aromatic carbocycles. The second-order valence-electron chi connectivity index (χ2n) is 5.61. The quantitative estimate of drug-likeness (QED) is 0.633. The van der Waals surface area contributed by atoms with Gasteiger partial charge in [0.05, 0.1) is 11.4 Å². The Morgan fingerprint density at radius 1 is 1.37 bits per heavy atom. The van der Waals surface area contributed by atoms with E-state index in [1.54, 1.807) is 6.07 Å². The minimum atomic E-state index is -0.479. The van der Waals surface area contributed by atoms with Gasteiger partial charge in [0.2, 0.25) is 0 Å². The standard InChI is InChI=1S/C15H24N2O2/c1-5-8-13(14(18)19-15(2,3)4)17-12-10-7-6-9-11(12)16/h6-7,9-10,13,17H,5,8,16H2,1-4H3. The Bertz CT molecular complexity index is 424.